The Balaban J connectivity index is 1.67. The van der Waals surface area contributed by atoms with Gasteiger partial charge in [-0.1, -0.05) is 19.3 Å². The maximum Gasteiger partial charge on any atom is 0.240 e. The van der Waals surface area contributed by atoms with Crippen LogP contribution >= 0.6 is 0 Å². The Morgan fingerprint density at radius 1 is 1.20 bits per heavy atom. The van der Waals surface area contributed by atoms with Gasteiger partial charge >= 0.3 is 0 Å². The van der Waals surface area contributed by atoms with Gasteiger partial charge in [-0.15, -0.1) is 0 Å². The number of amides is 1. The van der Waals surface area contributed by atoms with Crippen LogP contribution in [0, 0.1) is 5.92 Å². The molecule has 2 aliphatic rings. The summed E-state index contributed by atoms with van der Waals surface area (Å²) in [6.07, 6.45) is 6.71. The SMILES string of the molecule is NC1(C(=O)NCCS(=O)(=O)NCC2CCC2)CCCC1. The summed E-state index contributed by atoms with van der Waals surface area (Å²) in [6.45, 7) is 0.648. The molecule has 1 amide bonds. The lowest BCUT2D eigenvalue weighted by Gasteiger charge is -2.25. The summed E-state index contributed by atoms with van der Waals surface area (Å²) >= 11 is 0. The predicted molar refractivity (Wildman–Crippen MR) is 77.5 cm³/mol. The van der Waals surface area contributed by atoms with Crippen LogP contribution in [0.3, 0.4) is 0 Å². The third-order valence-electron chi connectivity index (χ3n) is 4.42. The molecule has 0 aromatic carbocycles. The lowest BCUT2D eigenvalue weighted by molar-refractivity contribution is -0.126. The molecule has 2 aliphatic carbocycles. The number of carbonyl (C=O) groups excluding carboxylic acids is 1. The molecule has 20 heavy (non-hydrogen) atoms. The third-order valence-corrected chi connectivity index (χ3v) is 5.77. The van der Waals surface area contributed by atoms with E-state index in [9.17, 15) is 13.2 Å². The average Bonchev–Trinajstić information content (AvgIpc) is 2.75. The van der Waals surface area contributed by atoms with Crippen LogP contribution in [0.15, 0.2) is 0 Å². The van der Waals surface area contributed by atoms with Crippen molar-refractivity contribution in [2.75, 3.05) is 18.8 Å². The first-order chi connectivity index (χ1) is 9.41. The maximum absolute atomic E-state index is 11.9. The molecular formula is C13H25N3O3S. The van der Waals surface area contributed by atoms with Crippen LogP contribution in [0.2, 0.25) is 0 Å². The molecule has 6 nitrogen and oxygen atoms in total. The average molecular weight is 303 g/mol. The lowest BCUT2D eigenvalue weighted by atomic mass is 9.86. The van der Waals surface area contributed by atoms with Gasteiger partial charge in [0.15, 0.2) is 0 Å². The fraction of sp³-hybridized carbons (Fsp3) is 0.923. The number of hydrogen-bond donors (Lipinski definition) is 3. The molecule has 2 saturated carbocycles. The Hall–Kier alpha value is -0.660. The topological polar surface area (TPSA) is 101 Å². The third kappa shape index (κ3) is 4.17. The van der Waals surface area contributed by atoms with Crippen LogP contribution in [-0.2, 0) is 14.8 Å². The zero-order valence-electron chi connectivity index (χ0n) is 11.9. The first-order valence-corrected chi connectivity index (χ1v) is 9.11. The van der Waals surface area contributed by atoms with Crippen LogP contribution in [0.5, 0.6) is 0 Å². The van der Waals surface area contributed by atoms with Crippen molar-refractivity contribution in [1.82, 2.24) is 10.0 Å². The molecule has 2 rings (SSSR count). The molecule has 0 bridgehead atoms. The minimum absolute atomic E-state index is 0.0818. The van der Waals surface area contributed by atoms with E-state index >= 15 is 0 Å². The highest BCUT2D eigenvalue weighted by Crippen LogP contribution is 2.27. The summed E-state index contributed by atoms with van der Waals surface area (Å²) in [5.41, 5.74) is 5.21. The highest BCUT2D eigenvalue weighted by atomic mass is 32.2. The van der Waals surface area contributed by atoms with E-state index in [4.69, 9.17) is 5.73 Å². The van der Waals surface area contributed by atoms with Crippen molar-refractivity contribution >= 4 is 15.9 Å². The molecule has 0 unspecified atom stereocenters. The van der Waals surface area contributed by atoms with Crippen LogP contribution < -0.4 is 15.8 Å². The molecular weight excluding hydrogens is 278 g/mol. The van der Waals surface area contributed by atoms with Crippen molar-refractivity contribution in [3.8, 4) is 0 Å². The molecule has 2 fully saturated rings. The molecule has 116 valence electrons. The second-order valence-corrected chi connectivity index (χ2v) is 8.01. The normalized spacial score (nSPS) is 22.4. The van der Waals surface area contributed by atoms with E-state index in [0.717, 1.165) is 25.7 Å². The smallest absolute Gasteiger partial charge is 0.240 e. The van der Waals surface area contributed by atoms with E-state index in [2.05, 4.69) is 10.0 Å². The summed E-state index contributed by atoms with van der Waals surface area (Å²) in [4.78, 5) is 11.9. The van der Waals surface area contributed by atoms with Crippen LogP contribution in [0.1, 0.15) is 44.9 Å². The molecule has 0 aromatic rings. The second kappa shape index (κ2) is 6.41. The number of nitrogens with one attached hydrogen (secondary N) is 2. The predicted octanol–water partition coefficient (Wildman–Crippen LogP) is 0.0936. The number of carbonyl (C=O) groups is 1. The first kappa shape index (κ1) is 15.7. The van der Waals surface area contributed by atoms with E-state index in [0.29, 0.717) is 25.3 Å². The van der Waals surface area contributed by atoms with Crippen molar-refractivity contribution in [2.24, 2.45) is 11.7 Å². The molecule has 0 radical (unpaired) electrons. The van der Waals surface area contributed by atoms with Gasteiger partial charge < -0.3 is 11.1 Å². The summed E-state index contributed by atoms with van der Waals surface area (Å²) in [6, 6.07) is 0. The fourth-order valence-electron chi connectivity index (χ4n) is 2.72. The Labute approximate surface area is 120 Å². The fourth-order valence-corrected chi connectivity index (χ4v) is 3.73. The van der Waals surface area contributed by atoms with Crippen molar-refractivity contribution in [3.63, 3.8) is 0 Å². The molecule has 0 heterocycles. The van der Waals surface area contributed by atoms with E-state index in [1.54, 1.807) is 0 Å². The molecule has 0 saturated heterocycles. The minimum Gasteiger partial charge on any atom is -0.353 e. The van der Waals surface area contributed by atoms with Crippen LogP contribution in [-0.4, -0.2) is 38.7 Å². The van der Waals surface area contributed by atoms with Crippen molar-refractivity contribution in [3.05, 3.63) is 0 Å². The van der Waals surface area contributed by atoms with Gasteiger partial charge in [0, 0.05) is 13.1 Å². The lowest BCUT2D eigenvalue weighted by Crippen LogP contribution is -2.52. The number of nitrogens with two attached hydrogens (primary N) is 1. The quantitative estimate of drug-likeness (QED) is 0.620. The highest BCUT2D eigenvalue weighted by Gasteiger charge is 2.36. The molecule has 0 aliphatic heterocycles. The summed E-state index contributed by atoms with van der Waals surface area (Å²) < 4.78 is 26.1. The van der Waals surface area contributed by atoms with E-state index in [1.165, 1.54) is 6.42 Å². The molecule has 0 spiro atoms. The maximum atomic E-state index is 11.9. The molecule has 0 atom stereocenters. The van der Waals surface area contributed by atoms with Gasteiger partial charge in [-0.05, 0) is 31.6 Å². The van der Waals surface area contributed by atoms with E-state index < -0.39 is 15.6 Å². The van der Waals surface area contributed by atoms with Gasteiger partial charge in [-0.25, -0.2) is 13.1 Å². The Kier molecular flexibility index (Phi) is 5.04. The van der Waals surface area contributed by atoms with Crippen LogP contribution in [0.25, 0.3) is 0 Å². The van der Waals surface area contributed by atoms with Gasteiger partial charge in [0.2, 0.25) is 15.9 Å². The van der Waals surface area contributed by atoms with Gasteiger partial charge in [0.1, 0.15) is 0 Å². The van der Waals surface area contributed by atoms with Gasteiger partial charge in [0.25, 0.3) is 0 Å². The molecule has 7 heteroatoms. The van der Waals surface area contributed by atoms with Crippen molar-refractivity contribution in [2.45, 2.75) is 50.5 Å². The minimum atomic E-state index is -3.30. The van der Waals surface area contributed by atoms with Gasteiger partial charge in [-0.2, -0.15) is 0 Å². The molecule has 4 N–H and O–H groups in total. The second-order valence-electron chi connectivity index (χ2n) is 6.08. The summed E-state index contributed by atoms with van der Waals surface area (Å²) in [7, 11) is -3.30. The summed E-state index contributed by atoms with van der Waals surface area (Å²) in [5.74, 6) is 0.191. The molecule has 0 aromatic heterocycles. The monoisotopic (exact) mass is 303 g/mol. The van der Waals surface area contributed by atoms with Crippen LogP contribution in [0.4, 0.5) is 0 Å². The van der Waals surface area contributed by atoms with Gasteiger partial charge in [0.05, 0.1) is 11.3 Å². The first-order valence-electron chi connectivity index (χ1n) is 7.46. The zero-order chi connectivity index (χ0) is 14.6. The summed E-state index contributed by atoms with van der Waals surface area (Å²) in [5, 5.41) is 2.65. The number of rotatable bonds is 7. The van der Waals surface area contributed by atoms with E-state index in [-0.39, 0.29) is 18.2 Å². The van der Waals surface area contributed by atoms with Crippen molar-refractivity contribution in [1.29, 1.82) is 0 Å². The Morgan fingerprint density at radius 3 is 2.40 bits per heavy atom. The van der Waals surface area contributed by atoms with E-state index in [1.807, 2.05) is 0 Å². The number of hydrogen-bond acceptors (Lipinski definition) is 4. The Bertz CT molecular complexity index is 440. The highest BCUT2D eigenvalue weighted by molar-refractivity contribution is 7.89. The standard InChI is InChI=1S/C13H25N3O3S/c14-13(6-1-2-7-13)12(17)15-8-9-20(18,19)16-10-11-4-3-5-11/h11,16H,1-10,14H2,(H,15,17). The van der Waals surface area contributed by atoms with Gasteiger partial charge in [-0.3, -0.25) is 4.79 Å². The largest absolute Gasteiger partial charge is 0.353 e. The number of sulfonamides is 1. The van der Waals surface area contributed by atoms with Crippen molar-refractivity contribution < 1.29 is 13.2 Å². The zero-order valence-corrected chi connectivity index (χ0v) is 12.7. The Morgan fingerprint density at radius 2 is 1.85 bits per heavy atom.